The number of amides is 3. The number of aliphatic carboxylic acids is 1. The van der Waals surface area contributed by atoms with E-state index in [2.05, 4.69) is 16.0 Å². The summed E-state index contributed by atoms with van der Waals surface area (Å²) >= 11 is 0. The molecule has 0 bridgehead atoms. The molecule has 9 heteroatoms. The Labute approximate surface area is 203 Å². The first kappa shape index (κ1) is 24.3. The molecule has 1 saturated carbocycles. The van der Waals surface area contributed by atoms with Crippen LogP contribution in [-0.4, -0.2) is 54.7 Å². The molecule has 0 saturated heterocycles. The van der Waals surface area contributed by atoms with Crippen LogP contribution in [0.3, 0.4) is 0 Å². The smallest absolute Gasteiger partial charge is 0.407 e. The summed E-state index contributed by atoms with van der Waals surface area (Å²) in [7, 11) is 0. The Morgan fingerprint density at radius 3 is 2.14 bits per heavy atom. The zero-order chi connectivity index (χ0) is 24.8. The maximum absolute atomic E-state index is 12.2. The Hall–Kier alpha value is -3.88. The third kappa shape index (κ3) is 5.98. The van der Waals surface area contributed by atoms with E-state index in [0.29, 0.717) is 0 Å². The molecule has 35 heavy (non-hydrogen) atoms. The van der Waals surface area contributed by atoms with Crippen molar-refractivity contribution in [1.82, 2.24) is 16.0 Å². The van der Waals surface area contributed by atoms with Gasteiger partial charge in [0, 0.05) is 12.0 Å². The number of carboxylic acids is 1. The van der Waals surface area contributed by atoms with E-state index in [1.54, 1.807) is 0 Å². The predicted octanol–water partition coefficient (Wildman–Crippen LogP) is 2.40. The molecule has 2 aliphatic carbocycles. The second-order valence-corrected chi connectivity index (χ2v) is 8.92. The molecular formula is C26H29N3O6. The van der Waals surface area contributed by atoms with Crippen molar-refractivity contribution in [2.24, 2.45) is 5.92 Å². The minimum Gasteiger partial charge on any atom is -0.481 e. The molecule has 2 aliphatic rings. The van der Waals surface area contributed by atoms with E-state index >= 15 is 0 Å². The SMILES string of the molecule is O=C(O)CC1CCCC1NC(=O)CNC(=O)CNC(=O)OCC1c2ccccc2-c2ccccc21. The third-order valence-electron chi connectivity index (χ3n) is 6.63. The number of carbonyl (C=O) groups is 4. The molecule has 1 fully saturated rings. The fourth-order valence-electron chi connectivity index (χ4n) is 5.00. The van der Waals surface area contributed by atoms with Crippen molar-refractivity contribution < 1.29 is 29.0 Å². The van der Waals surface area contributed by atoms with Gasteiger partial charge >= 0.3 is 12.1 Å². The molecular weight excluding hydrogens is 450 g/mol. The second kappa shape index (κ2) is 11.0. The molecule has 4 rings (SSSR count). The van der Waals surface area contributed by atoms with E-state index in [4.69, 9.17) is 9.84 Å². The molecule has 2 aromatic carbocycles. The molecule has 2 unspecified atom stereocenters. The van der Waals surface area contributed by atoms with Crippen molar-refractivity contribution in [2.75, 3.05) is 19.7 Å². The van der Waals surface area contributed by atoms with Gasteiger partial charge in [-0.05, 0) is 41.0 Å². The van der Waals surface area contributed by atoms with Crippen LogP contribution in [-0.2, 0) is 19.1 Å². The summed E-state index contributed by atoms with van der Waals surface area (Å²) < 4.78 is 5.39. The molecule has 4 N–H and O–H groups in total. The van der Waals surface area contributed by atoms with E-state index in [-0.39, 0.29) is 49.9 Å². The summed E-state index contributed by atoms with van der Waals surface area (Å²) in [4.78, 5) is 47.3. The second-order valence-electron chi connectivity index (χ2n) is 8.92. The zero-order valence-corrected chi connectivity index (χ0v) is 19.3. The van der Waals surface area contributed by atoms with Gasteiger partial charge in [-0.2, -0.15) is 0 Å². The molecule has 3 amide bonds. The van der Waals surface area contributed by atoms with E-state index in [1.807, 2.05) is 48.5 Å². The number of carboxylic acid groups (broad SMARTS) is 1. The normalized spacial score (nSPS) is 18.3. The molecule has 2 aromatic rings. The Morgan fingerprint density at radius 2 is 1.49 bits per heavy atom. The standard InChI is InChI=1S/C26H29N3O6/c30-23(27-14-24(31)29-22-11-5-6-16(22)12-25(32)33)13-28-26(34)35-15-21-19-9-3-1-7-17(19)18-8-2-4-10-20(18)21/h1-4,7-10,16,21-22H,5-6,11-15H2,(H,27,30)(H,28,34)(H,29,31)(H,32,33). The molecule has 0 aromatic heterocycles. The Balaban J connectivity index is 1.18. The molecule has 0 spiro atoms. The number of benzene rings is 2. The molecule has 0 radical (unpaired) electrons. The number of fused-ring (bicyclic) bond motifs is 3. The molecule has 0 aliphatic heterocycles. The summed E-state index contributed by atoms with van der Waals surface area (Å²) in [5.41, 5.74) is 4.44. The highest BCUT2D eigenvalue weighted by Crippen LogP contribution is 2.44. The van der Waals surface area contributed by atoms with Crippen LogP contribution in [0.5, 0.6) is 0 Å². The average Bonchev–Trinajstić information content (AvgIpc) is 3.41. The number of nitrogens with one attached hydrogen (secondary N) is 3. The first-order chi connectivity index (χ1) is 16.9. The fourth-order valence-corrected chi connectivity index (χ4v) is 5.00. The summed E-state index contributed by atoms with van der Waals surface area (Å²) in [6, 6.07) is 15.8. The van der Waals surface area contributed by atoms with Crippen molar-refractivity contribution in [3.8, 4) is 11.1 Å². The van der Waals surface area contributed by atoms with Gasteiger partial charge in [0.1, 0.15) is 13.2 Å². The van der Waals surface area contributed by atoms with Gasteiger partial charge in [0.2, 0.25) is 11.8 Å². The van der Waals surface area contributed by atoms with Crippen molar-refractivity contribution in [3.63, 3.8) is 0 Å². The summed E-state index contributed by atoms with van der Waals surface area (Å²) in [5.74, 6) is -1.97. The van der Waals surface area contributed by atoms with Gasteiger partial charge in [0.15, 0.2) is 0 Å². The van der Waals surface area contributed by atoms with Gasteiger partial charge in [-0.25, -0.2) is 4.79 Å². The van der Waals surface area contributed by atoms with Gasteiger partial charge < -0.3 is 25.8 Å². The van der Waals surface area contributed by atoms with Crippen molar-refractivity contribution in [2.45, 2.75) is 37.6 Å². The summed E-state index contributed by atoms with van der Waals surface area (Å²) in [6.45, 7) is -0.431. The number of hydrogen-bond acceptors (Lipinski definition) is 5. The van der Waals surface area contributed by atoms with Crippen molar-refractivity contribution >= 4 is 23.9 Å². The third-order valence-corrected chi connectivity index (χ3v) is 6.63. The van der Waals surface area contributed by atoms with Crippen LogP contribution in [0.25, 0.3) is 11.1 Å². The van der Waals surface area contributed by atoms with Crippen LogP contribution >= 0.6 is 0 Å². The average molecular weight is 480 g/mol. The van der Waals surface area contributed by atoms with Gasteiger partial charge in [-0.1, -0.05) is 55.0 Å². The largest absolute Gasteiger partial charge is 0.481 e. The zero-order valence-electron chi connectivity index (χ0n) is 19.3. The lowest BCUT2D eigenvalue weighted by atomic mass is 9.98. The van der Waals surface area contributed by atoms with Crippen LogP contribution < -0.4 is 16.0 Å². The summed E-state index contributed by atoms with van der Waals surface area (Å²) in [5, 5.41) is 16.6. The number of hydrogen-bond donors (Lipinski definition) is 4. The van der Waals surface area contributed by atoms with Gasteiger partial charge in [0.25, 0.3) is 0 Å². The highest BCUT2D eigenvalue weighted by molar-refractivity contribution is 5.87. The fraction of sp³-hybridized carbons (Fsp3) is 0.385. The van der Waals surface area contributed by atoms with E-state index in [1.165, 1.54) is 0 Å². The lowest BCUT2D eigenvalue weighted by molar-refractivity contribution is -0.138. The number of alkyl carbamates (subject to hydrolysis) is 1. The van der Waals surface area contributed by atoms with E-state index < -0.39 is 18.0 Å². The van der Waals surface area contributed by atoms with Gasteiger partial charge in [0.05, 0.1) is 13.0 Å². The minimum atomic E-state index is -0.885. The van der Waals surface area contributed by atoms with Crippen LogP contribution in [0.15, 0.2) is 48.5 Å². The van der Waals surface area contributed by atoms with Gasteiger partial charge in [-0.3, -0.25) is 14.4 Å². The van der Waals surface area contributed by atoms with E-state index in [0.717, 1.165) is 41.5 Å². The Kier molecular flexibility index (Phi) is 7.64. The molecule has 184 valence electrons. The monoisotopic (exact) mass is 479 g/mol. The minimum absolute atomic E-state index is 0.0152. The molecule has 2 atom stereocenters. The first-order valence-electron chi connectivity index (χ1n) is 11.8. The quantitative estimate of drug-likeness (QED) is 0.436. The molecule has 0 heterocycles. The first-order valence-corrected chi connectivity index (χ1v) is 11.8. The Bertz CT molecular complexity index is 1070. The maximum Gasteiger partial charge on any atom is 0.407 e. The maximum atomic E-state index is 12.2. The molecule has 9 nitrogen and oxygen atoms in total. The number of ether oxygens (including phenoxy) is 1. The van der Waals surface area contributed by atoms with Crippen LogP contribution in [0, 0.1) is 5.92 Å². The number of rotatable bonds is 9. The summed E-state index contributed by atoms with van der Waals surface area (Å²) in [6.07, 6.45) is 1.64. The lowest BCUT2D eigenvalue weighted by Crippen LogP contribution is -2.45. The van der Waals surface area contributed by atoms with Crippen LogP contribution in [0.2, 0.25) is 0 Å². The lowest BCUT2D eigenvalue weighted by Gasteiger charge is -2.19. The van der Waals surface area contributed by atoms with E-state index in [9.17, 15) is 19.2 Å². The predicted molar refractivity (Wildman–Crippen MR) is 128 cm³/mol. The van der Waals surface area contributed by atoms with Crippen molar-refractivity contribution in [3.05, 3.63) is 59.7 Å². The Morgan fingerprint density at radius 1 is 0.857 bits per heavy atom. The number of carbonyl (C=O) groups excluding carboxylic acids is 3. The highest BCUT2D eigenvalue weighted by Gasteiger charge is 2.31. The van der Waals surface area contributed by atoms with Crippen molar-refractivity contribution in [1.29, 1.82) is 0 Å². The van der Waals surface area contributed by atoms with Crippen LogP contribution in [0.1, 0.15) is 42.7 Å². The highest BCUT2D eigenvalue weighted by atomic mass is 16.5. The van der Waals surface area contributed by atoms with Crippen LogP contribution in [0.4, 0.5) is 4.79 Å². The van der Waals surface area contributed by atoms with Gasteiger partial charge in [-0.15, -0.1) is 0 Å². The topological polar surface area (TPSA) is 134 Å².